The molecule has 0 spiro atoms. The normalized spacial score (nSPS) is 21.1. The van der Waals surface area contributed by atoms with Gasteiger partial charge in [0.2, 0.25) is 5.91 Å². The van der Waals surface area contributed by atoms with Crippen molar-refractivity contribution in [1.82, 2.24) is 9.78 Å². The van der Waals surface area contributed by atoms with Crippen LogP contribution in [0.2, 0.25) is 0 Å². The van der Waals surface area contributed by atoms with Crippen LogP contribution in [0.5, 0.6) is 0 Å². The number of anilines is 1. The maximum absolute atomic E-state index is 12.1. The SMILES string of the molecule is O=C(CC1CCCC1)Nc1ccnn1C1CCCC1. The second kappa shape index (κ2) is 5.76. The molecule has 4 nitrogen and oxygen atoms in total. The minimum absolute atomic E-state index is 0.159. The van der Waals surface area contributed by atoms with Crippen molar-refractivity contribution in [3.63, 3.8) is 0 Å². The molecule has 104 valence electrons. The minimum Gasteiger partial charge on any atom is -0.311 e. The van der Waals surface area contributed by atoms with Crippen molar-refractivity contribution in [3.05, 3.63) is 12.3 Å². The first-order valence-electron chi connectivity index (χ1n) is 7.66. The third-order valence-corrected chi connectivity index (χ3v) is 4.56. The molecule has 0 atom stereocenters. The van der Waals surface area contributed by atoms with E-state index < -0.39 is 0 Å². The van der Waals surface area contributed by atoms with Crippen LogP contribution in [0, 0.1) is 5.92 Å². The van der Waals surface area contributed by atoms with E-state index in [0.29, 0.717) is 18.4 Å². The molecular weight excluding hydrogens is 238 g/mol. The molecular formula is C15H23N3O. The van der Waals surface area contributed by atoms with Crippen LogP contribution in [0.3, 0.4) is 0 Å². The van der Waals surface area contributed by atoms with E-state index in [9.17, 15) is 4.79 Å². The molecule has 0 aliphatic heterocycles. The number of nitrogens with one attached hydrogen (secondary N) is 1. The van der Waals surface area contributed by atoms with Gasteiger partial charge in [-0.2, -0.15) is 5.10 Å². The van der Waals surface area contributed by atoms with Gasteiger partial charge >= 0.3 is 0 Å². The van der Waals surface area contributed by atoms with Gasteiger partial charge in [0.15, 0.2) is 0 Å². The molecule has 0 bridgehead atoms. The third-order valence-electron chi connectivity index (χ3n) is 4.56. The Balaban J connectivity index is 1.59. The fraction of sp³-hybridized carbons (Fsp3) is 0.733. The standard InChI is InChI=1S/C15H23N3O/c19-15(11-12-5-1-2-6-12)17-14-9-10-16-18(14)13-7-3-4-8-13/h9-10,12-13H,1-8,11H2,(H,17,19). The van der Waals surface area contributed by atoms with E-state index in [2.05, 4.69) is 10.4 Å². The summed E-state index contributed by atoms with van der Waals surface area (Å²) >= 11 is 0. The van der Waals surface area contributed by atoms with E-state index in [0.717, 1.165) is 5.82 Å². The topological polar surface area (TPSA) is 46.9 Å². The number of amides is 1. The van der Waals surface area contributed by atoms with E-state index in [-0.39, 0.29) is 5.91 Å². The molecule has 1 heterocycles. The summed E-state index contributed by atoms with van der Waals surface area (Å²) in [6.07, 6.45) is 12.4. The number of aromatic nitrogens is 2. The molecule has 0 saturated heterocycles. The van der Waals surface area contributed by atoms with Crippen molar-refractivity contribution < 1.29 is 4.79 Å². The maximum Gasteiger partial charge on any atom is 0.225 e. The first-order chi connectivity index (χ1) is 9.33. The molecule has 2 aliphatic carbocycles. The highest BCUT2D eigenvalue weighted by Crippen LogP contribution is 2.32. The number of hydrogen-bond donors (Lipinski definition) is 1. The van der Waals surface area contributed by atoms with Gasteiger partial charge in [-0.05, 0) is 31.6 Å². The highest BCUT2D eigenvalue weighted by Gasteiger charge is 2.22. The van der Waals surface area contributed by atoms with Crippen molar-refractivity contribution in [2.75, 3.05) is 5.32 Å². The van der Waals surface area contributed by atoms with Gasteiger partial charge in [0, 0.05) is 12.5 Å². The van der Waals surface area contributed by atoms with Crippen LogP contribution in [0.4, 0.5) is 5.82 Å². The average molecular weight is 261 g/mol. The summed E-state index contributed by atoms with van der Waals surface area (Å²) in [6.45, 7) is 0. The number of rotatable bonds is 4. The Morgan fingerprint density at radius 2 is 1.89 bits per heavy atom. The molecule has 2 aliphatic rings. The second-order valence-corrected chi connectivity index (χ2v) is 6.00. The summed E-state index contributed by atoms with van der Waals surface area (Å²) in [5, 5.41) is 7.44. The first-order valence-corrected chi connectivity index (χ1v) is 7.66. The lowest BCUT2D eigenvalue weighted by Gasteiger charge is -2.15. The summed E-state index contributed by atoms with van der Waals surface area (Å²) < 4.78 is 2.01. The van der Waals surface area contributed by atoms with E-state index in [1.54, 1.807) is 6.20 Å². The highest BCUT2D eigenvalue weighted by atomic mass is 16.1. The number of hydrogen-bond acceptors (Lipinski definition) is 2. The summed E-state index contributed by atoms with van der Waals surface area (Å²) in [4.78, 5) is 12.1. The van der Waals surface area contributed by atoms with Crippen LogP contribution in [0.1, 0.15) is 63.8 Å². The molecule has 2 fully saturated rings. The van der Waals surface area contributed by atoms with E-state index in [1.807, 2.05) is 10.7 Å². The van der Waals surface area contributed by atoms with Crippen LogP contribution in [-0.2, 0) is 4.79 Å². The summed E-state index contributed by atoms with van der Waals surface area (Å²) in [7, 11) is 0. The third kappa shape index (κ3) is 2.99. The van der Waals surface area contributed by atoms with Gasteiger partial charge in [0.05, 0.1) is 12.2 Å². The monoisotopic (exact) mass is 261 g/mol. The van der Waals surface area contributed by atoms with Crippen LogP contribution in [0.15, 0.2) is 12.3 Å². The zero-order valence-corrected chi connectivity index (χ0v) is 11.5. The number of carbonyl (C=O) groups is 1. The maximum atomic E-state index is 12.1. The van der Waals surface area contributed by atoms with Crippen LogP contribution in [0.25, 0.3) is 0 Å². The summed E-state index contributed by atoms with van der Waals surface area (Å²) in [6, 6.07) is 2.40. The smallest absolute Gasteiger partial charge is 0.225 e. The van der Waals surface area contributed by atoms with Crippen LogP contribution >= 0.6 is 0 Å². The molecule has 0 aromatic carbocycles. The predicted octanol–water partition coefficient (Wildman–Crippen LogP) is 3.52. The quantitative estimate of drug-likeness (QED) is 0.901. The Morgan fingerprint density at radius 1 is 1.21 bits per heavy atom. The Labute approximate surface area is 114 Å². The Kier molecular flexibility index (Phi) is 3.85. The van der Waals surface area contributed by atoms with Crippen LogP contribution in [-0.4, -0.2) is 15.7 Å². The molecule has 1 aromatic heterocycles. The van der Waals surface area contributed by atoms with Gasteiger partial charge in [-0.3, -0.25) is 4.79 Å². The molecule has 3 rings (SSSR count). The van der Waals surface area contributed by atoms with Crippen molar-refractivity contribution in [2.45, 2.75) is 63.8 Å². The average Bonchev–Trinajstić information content (AvgIpc) is 3.09. The molecule has 0 unspecified atom stereocenters. The lowest BCUT2D eigenvalue weighted by molar-refractivity contribution is -0.117. The Bertz CT molecular complexity index is 428. The summed E-state index contributed by atoms with van der Waals surface area (Å²) in [5.74, 6) is 1.64. The Hall–Kier alpha value is -1.32. The van der Waals surface area contributed by atoms with Gasteiger partial charge in [-0.15, -0.1) is 0 Å². The van der Waals surface area contributed by atoms with Crippen molar-refractivity contribution in [2.24, 2.45) is 5.92 Å². The van der Waals surface area contributed by atoms with E-state index in [4.69, 9.17) is 0 Å². The van der Waals surface area contributed by atoms with Gasteiger partial charge < -0.3 is 5.32 Å². The molecule has 0 radical (unpaired) electrons. The van der Waals surface area contributed by atoms with Gasteiger partial charge in [0.1, 0.15) is 5.82 Å². The van der Waals surface area contributed by atoms with Crippen molar-refractivity contribution in [1.29, 1.82) is 0 Å². The zero-order chi connectivity index (χ0) is 13.1. The van der Waals surface area contributed by atoms with Gasteiger partial charge in [-0.25, -0.2) is 4.68 Å². The fourth-order valence-electron chi connectivity index (χ4n) is 3.52. The van der Waals surface area contributed by atoms with E-state index >= 15 is 0 Å². The highest BCUT2D eigenvalue weighted by molar-refractivity contribution is 5.90. The molecule has 19 heavy (non-hydrogen) atoms. The van der Waals surface area contributed by atoms with Crippen molar-refractivity contribution in [3.8, 4) is 0 Å². The number of nitrogens with zero attached hydrogens (tertiary/aromatic N) is 2. The van der Waals surface area contributed by atoms with Crippen LogP contribution < -0.4 is 5.32 Å². The van der Waals surface area contributed by atoms with Gasteiger partial charge in [0.25, 0.3) is 0 Å². The lowest BCUT2D eigenvalue weighted by atomic mass is 10.0. The zero-order valence-electron chi connectivity index (χ0n) is 11.5. The molecule has 1 aromatic rings. The number of carbonyl (C=O) groups excluding carboxylic acids is 1. The largest absolute Gasteiger partial charge is 0.311 e. The predicted molar refractivity (Wildman–Crippen MR) is 74.9 cm³/mol. The molecule has 1 amide bonds. The first kappa shape index (κ1) is 12.7. The van der Waals surface area contributed by atoms with Gasteiger partial charge in [-0.1, -0.05) is 25.7 Å². The second-order valence-electron chi connectivity index (χ2n) is 6.00. The Morgan fingerprint density at radius 3 is 2.63 bits per heavy atom. The molecule has 1 N–H and O–H groups in total. The fourth-order valence-corrected chi connectivity index (χ4v) is 3.52. The minimum atomic E-state index is 0.159. The van der Waals surface area contributed by atoms with Crippen molar-refractivity contribution >= 4 is 11.7 Å². The molecule has 4 heteroatoms. The molecule has 2 saturated carbocycles. The lowest BCUT2D eigenvalue weighted by Crippen LogP contribution is -2.19. The van der Waals surface area contributed by atoms with E-state index in [1.165, 1.54) is 51.4 Å². The summed E-state index contributed by atoms with van der Waals surface area (Å²) in [5.41, 5.74) is 0.